The number of amides is 1. The summed E-state index contributed by atoms with van der Waals surface area (Å²) in [6.07, 6.45) is 0. The second kappa shape index (κ2) is 7.86. The third-order valence-electron chi connectivity index (χ3n) is 4.92. The molecule has 0 fully saturated rings. The van der Waals surface area contributed by atoms with Crippen molar-refractivity contribution in [2.24, 2.45) is 5.73 Å². The van der Waals surface area contributed by atoms with Gasteiger partial charge in [0, 0.05) is 10.6 Å². The van der Waals surface area contributed by atoms with E-state index in [2.05, 4.69) is 39.9 Å². The van der Waals surface area contributed by atoms with Crippen molar-refractivity contribution in [3.05, 3.63) is 63.2 Å². The molecule has 128 valence electrons. The van der Waals surface area contributed by atoms with Gasteiger partial charge in [-0.15, -0.1) is 11.8 Å². The van der Waals surface area contributed by atoms with Gasteiger partial charge in [-0.2, -0.15) is 0 Å². The van der Waals surface area contributed by atoms with E-state index in [-0.39, 0.29) is 12.6 Å². The lowest BCUT2D eigenvalue weighted by Crippen LogP contribution is -2.29. The average Bonchev–Trinajstić information content (AvgIpc) is 2.58. The molecule has 4 heteroatoms. The molecule has 2 aromatic rings. The number of hydrogen-bond donors (Lipinski definition) is 2. The molecule has 2 aromatic carbocycles. The van der Waals surface area contributed by atoms with Crippen molar-refractivity contribution >= 4 is 17.7 Å². The van der Waals surface area contributed by atoms with Gasteiger partial charge >= 0.3 is 0 Å². The second-order valence-corrected chi connectivity index (χ2v) is 7.12. The second-order valence-electron chi connectivity index (χ2n) is 6.10. The molecule has 0 saturated carbocycles. The van der Waals surface area contributed by atoms with E-state index in [4.69, 9.17) is 5.73 Å². The van der Waals surface area contributed by atoms with Crippen molar-refractivity contribution in [1.29, 1.82) is 0 Å². The molecule has 0 spiro atoms. The average molecular weight is 343 g/mol. The van der Waals surface area contributed by atoms with Gasteiger partial charge in [-0.05, 0) is 80.1 Å². The number of thioether (sulfide) groups is 1. The zero-order valence-electron chi connectivity index (χ0n) is 15.1. The van der Waals surface area contributed by atoms with Gasteiger partial charge in [0.15, 0.2) is 0 Å². The fraction of sp³-hybridized carbons (Fsp3) is 0.350. The van der Waals surface area contributed by atoms with Gasteiger partial charge in [0.05, 0.1) is 12.2 Å². The first-order valence-electron chi connectivity index (χ1n) is 8.14. The lowest BCUT2D eigenvalue weighted by Gasteiger charge is -2.19. The molecular formula is C20H26N2OS. The van der Waals surface area contributed by atoms with Gasteiger partial charge in [-0.25, -0.2) is 0 Å². The minimum Gasteiger partial charge on any atom is -0.340 e. The van der Waals surface area contributed by atoms with Gasteiger partial charge in [0.2, 0.25) is 0 Å². The highest BCUT2D eigenvalue weighted by atomic mass is 32.2. The summed E-state index contributed by atoms with van der Waals surface area (Å²) in [6, 6.07) is 7.69. The molecule has 0 saturated heterocycles. The maximum absolute atomic E-state index is 12.2. The summed E-state index contributed by atoms with van der Waals surface area (Å²) >= 11 is 1.70. The minimum absolute atomic E-state index is 0.120. The number of rotatable bonds is 5. The highest BCUT2D eigenvalue weighted by molar-refractivity contribution is 7.98. The summed E-state index contributed by atoms with van der Waals surface area (Å²) in [5, 5.41) is 2.67. The van der Waals surface area contributed by atoms with E-state index in [0.29, 0.717) is 5.56 Å². The van der Waals surface area contributed by atoms with Crippen LogP contribution < -0.4 is 11.1 Å². The van der Waals surface area contributed by atoms with Crippen molar-refractivity contribution in [1.82, 2.24) is 5.32 Å². The smallest absolute Gasteiger partial charge is 0.253 e. The van der Waals surface area contributed by atoms with Gasteiger partial charge in [0.25, 0.3) is 5.91 Å². The summed E-state index contributed by atoms with van der Waals surface area (Å²) < 4.78 is 0. The Labute approximate surface area is 149 Å². The molecule has 24 heavy (non-hydrogen) atoms. The van der Waals surface area contributed by atoms with Crippen molar-refractivity contribution in [3.63, 3.8) is 0 Å². The topological polar surface area (TPSA) is 55.1 Å². The van der Waals surface area contributed by atoms with E-state index in [0.717, 1.165) is 10.6 Å². The van der Waals surface area contributed by atoms with Gasteiger partial charge in [0.1, 0.15) is 0 Å². The van der Waals surface area contributed by atoms with Crippen LogP contribution in [-0.4, -0.2) is 12.6 Å². The summed E-state index contributed by atoms with van der Waals surface area (Å²) in [5.41, 5.74) is 14.3. The zero-order valence-corrected chi connectivity index (χ0v) is 15.9. The Hall–Kier alpha value is -1.78. The molecular weight excluding hydrogens is 316 g/mol. The number of nitrogens with one attached hydrogen (secondary N) is 1. The molecule has 0 heterocycles. The van der Waals surface area contributed by atoms with Crippen LogP contribution in [0.5, 0.6) is 0 Å². The molecule has 0 aromatic heterocycles. The molecule has 0 unspecified atom stereocenters. The van der Waals surface area contributed by atoms with Crippen LogP contribution in [0.1, 0.15) is 43.7 Å². The number of carbonyl (C=O) groups excluding carboxylic acids is 1. The highest BCUT2D eigenvalue weighted by Crippen LogP contribution is 2.32. The van der Waals surface area contributed by atoms with Crippen LogP contribution in [0.15, 0.2) is 29.2 Å². The first kappa shape index (κ1) is 18.6. The maximum atomic E-state index is 12.2. The maximum Gasteiger partial charge on any atom is 0.253 e. The lowest BCUT2D eigenvalue weighted by molar-refractivity contribution is 0.0952. The van der Waals surface area contributed by atoms with Crippen LogP contribution in [0.3, 0.4) is 0 Å². The Bertz CT molecular complexity index is 739. The van der Waals surface area contributed by atoms with E-state index in [1.807, 2.05) is 24.3 Å². The van der Waals surface area contributed by atoms with Crippen LogP contribution in [0.2, 0.25) is 0 Å². The summed E-state index contributed by atoms with van der Waals surface area (Å²) in [6.45, 7) is 11.1. The molecule has 0 aliphatic rings. The van der Waals surface area contributed by atoms with Crippen molar-refractivity contribution in [2.45, 2.75) is 45.3 Å². The van der Waals surface area contributed by atoms with Crippen LogP contribution in [-0.2, 0) is 5.75 Å². The SMILES string of the molecule is Cc1c(C)c(C)c(CSc2ccccc2C(=O)NCN)c(C)c1C. The van der Waals surface area contributed by atoms with E-state index >= 15 is 0 Å². The molecule has 3 nitrogen and oxygen atoms in total. The molecule has 3 N–H and O–H groups in total. The van der Waals surface area contributed by atoms with Crippen LogP contribution in [0, 0.1) is 34.6 Å². The van der Waals surface area contributed by atoms with Crippen molar-refractivity contribution in [2.75, 3.05) is 6.67 Å². The van der Waals surface area contributed by atoms with E-state index in [1.165, 1.54) is 33.4 Å². The molecule has 0 atom stereocenters. The Morgan fingerprint density at radius 1 is 0.958 bits per heavy atom. The molecule has 0 radical (unpaired) electrons. The normalized spacial score (nSPS) is 10.8. The zero-order chi connectivity index (χ0) is 17.9. The predicted molar refractivity (Wildman–Crippen MR) is 103 cm³/mol. The third-order valence-corrected chi connectivity index (χ3v) is 6.02. The first-order chi connectivity index (χ1) is 11.4. The molecule has 0 aliphatic carbocycles. The monoisotopic (exact) mass is 342 g/mol. The molecule has 0 bridgehead atoms. The van der Waals surface area contributed by atoms with Gasteiger partial charge in [-0.3, -0.25) is 4.79 Å². The Kier molecular flexibility index (Phi) is 6.08. The molecule has 1 amide bonds. The quantitative estimate of drug-likeness (QED) is 0.633. The number of nitrogens with two attached hydrogens (primary N) is 1. The minimum atomic E-state index is -0.120. The first-order valence-corrected chi connectivity index (χ1v) is 9.13. The standard InChI is InChI=1S/C20H26N2OS/c1-12-13(2)15(4)18(16(5)14(12)3)10-24-19-9-7-6-8-17(19)20(23)22-11-21/h6-9H,10-11,21H2,1-5H3,(H,22,23). The van der Waals surface area contributed by atoms with Crippen LogP contribution in [0.25, 0.3) is 0 Å². The molecule has 0 aliphatic heterocycles. The van der Waals surface area contributed by atoms with Crippen LogP contribution in [0.4, 0.5) is 0 Å². The molecule has 2 rings (SSSR count). The van der Waals surface area contributed by atoms with Gasteiger partial charge < -0.3 is 11.1 Å². The fourth-order valence-corrected chi connectivity index (χ4v) is 4.14. The van der Waals surface area contributed by atoms with Gasteiger partial charge in [-0.1, -0.05) is 12.1 Å². The van der Waals surface area contributed by atoms with E-state index < -0.39 is 0 Å². The highest BCUT2D eigenvalue weighted by Gasteiger charge is 2.15. The largest absolute Gasteiger partial charge is 0.340 e. The number of benzene rings is 2. The summed E-state index contributed by atoms with van der Waals surface area (Å²) in [4.78, 5) is 13.1. The predicted octanol–water partition coefficient (Wildman–Crippen LogP) is 4.17. The Morgan fingerprint density at radius 2 is 1.50 bits per heavy atom. The number of hydrogen-bond acceptors (Lipinski definition) is 3. The summed E-state index contributed by atoms with van der Waals surface area (Å²) in [5.74, 6) is 0.734. The number of carbonyl (C=O) groups is 1. The summed E-state index contributed by atoms with van der Waals surface area (Å²) in [7, 11) is 0. The van der Waals surface area contributed by atoms with E-state index in [9.17, 15) is 4.79 Å². The third kappa shape index (κ3) is 3.65. The van der Waals surface area contributed by atoms with Crippen molar-refractivity contribution < 1.29 is 4.79 Å². The van der Waals surface area contributed by atoms with Crippen LogP contribution >= 0.6 is 11.8 Å². The lowest BCUT2D eigenvalue weighted by atomic mass is 9.90. The van der Waals surface area contributed by atoms with E-state index in [1.54, 1.807) is 11.8 Å². The Balaban J connectivity index is 2.32. The van der Waals surface area contributed by atoms with Crippen molar-refractivity contribution in [3.8, 4) is 0 Å². The fourth-order valence-electron chi connectivity index (χ4n) is 2.91. The Morgan fingerprint density at radius 3 is 2.08 bits per heavy atom.